The van der Waals surface area contributed by atoms with Gasteiger partial charge in [0.05, 0.1) is 6.10 Å². The van der Waals surface area contributed by atoms with Crippen molar-refractivity contribution >= 4 is 5.91 Å². The number of aliphatic hydroxyl groups is 1. The van der Waals surface area contributed by atoms with Crippen LogP contribution in [0.1, 0.15) is 37.0 Å². The first-order valence-electron chi connectivity index (χ1n) is 8.95. The van der Waals surface area contributed by atoms with E-state index in [0.717, 1.165) is 23.3 Å². The molecule has 0 spiro atoms. The standard InChI is InChI=1S/C21H25NO3/c1-2-16-8-6-7-11-19(16)25-20(17-9-4-3-5-10-17)21(24)22-14-12-18(23)13-15-22/h3-11,18,20,23H,2,12-15H2,1H3. The van der Waals surface area contributed by atoms with Crippen molar-refractivity contribution in [1.82, 2.24) is 4.90 Å². The third kappa shape index (κ3) is 4.20. The molecule has 2 aromatic carbocycles. The van der Waals surface area contributed by atoms with Gasteiger partial charge in [0, 0.05) is 18.7 Å². The predicted octanol–water partition coefficient (Wildman–Crippen LogP) is 3.35. The number of carbonyl (C=O) groups excluding carboxylic acids is 1. The highest BCUT2D eigenvalue weighted by atomic mass is 16.5. The lowest BCUT2D eigenvalue weighted by molar-refractivity contribution is -0.141. The van der Waals surface area contributed by atoms with E-state index in [1.807, 2.05) is 54.6 Å². The number of carbonyl (C=O) groups is 1. The van der Waals surface area contributed by atoms with Gasteiger partial charge >= 0.3 is 0 Å². The monoisotopic (exact) mass is 339 g/mol. The van der Waals surface area contributed by atoms with Crippen molar-refractivity contribution in [3.63, 3.8) is 0 Å². The van der Waals surface area contributed by atoms with Gasteiger partial charge in [0.2, 0.25) is 6.10 Å². The molecule has 0 radical (unpaired) electrons. The van der Waals surface area contributed by atoms with Crippen LogP contribution in [0.25, 0.3) is 0 Å². The number of para-hydroxylation sites is 1. The summed E-state index contributed by atoms with van der Waals surface area (Å²) >= 11 is 0. The van der Waals surface area contributed by atoms with Gasteiger partial charge < -0.3 is 14.7 Å². The number of rotatable bonds is 5. The van der Waals surface area contributed by atoms with Crippen molar-refractivity contribution in [3.8, 4) is 5.75 Å². The Kier molecular flexibility index (Phi) is 5.71. The van der Waals surface area contributed by atoms with E-state index < -0.39 is 6.10 Å². The van der Waals surface area contributed by atoms with E-state index >= 15 is 0 Å². The van der Waals surface area contributed by atoms with Crippen LogP contribution in [-0.2, 0) is 11.2 Å². The molecule has 2 aromatic rings. The molecule has 1 saturated heterocycles. The summed E-state index contributed by atoms with van der Waals surface area (Å²) in [5.41, 5.74) is 1.94. The number of piperidine rings is 1. The molecule has 0 aliphatic carbocycles. The number of aliphatic hydroxyl groups excluding tert-OH is 1. The second kappa shape index (κ2) is 8.17. The molecule has 1 aliphatic rings. The van der Waals surface area contributed by atoms with E-state index in [9.17, 15) is 9.90 Å². The van der Waals surface area contributed by atoms with Crippen molar-refractivity contribution in [1.29, 1.82) is 0 Å². The molecular formula is C21H25NO3. The van der Waals surface area contributed by atoms with Crippen molar-refractivity contribution < 1.29 is 14.6 Å². The maximum atomic E-state index is 13.1. The lowest BCUT2D eigenvalue weighted by Crippen LogP contribution is -2.43. The number of amides is 1. The van der Waals surface area contributed by atoms with Crippen LogP contribution in [0.3, 0.4) is 0 Å². The number of ether oxygens (including phenoxy) is 1. The van der Waals surface area contributed by atoms with Gasteiger partial charge in [-0.25, -0.2) is 0 Å². The van der Waals surface area contributed by atoms with Crippen LogP contribution in [0.5, 0.6) is 5.75 Å². The number of likely N-dealkylation sites (tertiary alicyclic amines) is 1. The average molecular weight is 339 g/mol. The molecule has 0 aromatic heterocycles. The highest BCUT2D eigenvalue weighted by Gasteiger charge is 2.30. The maximum absolute atomic E-state index is 13.1. The highest BCUT2D eigenvalue weighted by molar-refractivity contribution is 5.83. The predicted molar refractivity (Wildman–Crippen MR) is 97.5 cm³/mol. The van der Waals surface area contributed by atoms with Crippen LogP contribution < -0.4 is 4.74 Å². The SMILES string of the molecule is CCc1ccccc1OC(C(=O)N1CCC(O)CC1)c1ccccc1. The lowest BCUT2D eigenvalue weighted by Gasteiger charge is -2.32. The molecule has 1 heterocycles. The van der Waals surface area contributed by atoms with E-state index in [4.69, 9.17) is 4.74 Å². The Balaban J connectivity index is 1.86. The smallest absolute Gasteiger partial charge is 0.268 e. The lowest BCUT2D eigenvalue weighted by atomic mass is 10.0. The van der Waals surface area contributed by atoms with Gasteiger partial charge in [-0.2, -0.15) is 0 Å². The molecule has 1 amide bonds. The van der Waals surface area contributed by atoms with E-state index in [1.54, 1.807) is 4.90 Å². The molecule has 4 heteroatoms. The minimum absolute atomic E-state index is 0.0380. The summed E-state index contributed by atoms with van der Waals surface area (Å²) in [6.45, 7) is 3.22. The third-order valence-electron chi connectivity index (χ3n) is 4.70. The second-order valence-electron chi connectivity index (χ2n) is 6.43. The summed E-state index contributed by atoms with van der Waals surface area (Å²) in [7, 11) is 0. The number of benzene rings is 2. The Labute approximate surface area is 149 Å². The molecule has 1 N–H and O–H groups in total. The zero-order valence-electron chi connectivity index (χ0n) is 14.6. The summed E-state index contributed by atoms with van der Waals surface area (Å²) in [5, 5.41) is 9.70. The van der Waals surface area contributed by atoms with E-state index in [1.165, 1.54) is 0 Å². The molecule has 1 atom stereocenters. The topological polar surface area (TPSA) is 49.8 Å². The normalized spacial score (nSPS) is 16.5. The number of hydrogen-bond donors (Lipinski definition) is 1. The van der Waals surface area contributed by atoms with Gasteiger partial charge in [-0.05, 0) is 30.9 Å². The fourth-order valence-electron chi connectivity index (χ4n) is 3.18. The van der Waals surface area contributed by atoms with Crippen LogP contribution in [-0.4, -0.2) is 35.1 Å². The van der Waals surface area contributed by atoms with Crippen LogP contribution >= 0.6 is 0 Å². The molecule has 1 aliphatic heterocycles. The van der Waals surface area contributed by atoms with Crippen molar-refractivity contribution in [2.24, 2.45) is 0 Å². The van der Waals surface area contributed by atoms with Gasteiger partial charge in [0.25, 0.3) is 5.91 Å². The largest absolute Gasteiger partial charge is 0.476 e. The van der Waals surface area contributed by atoms with Crippen LogP contribution in [0.2, 0.25) is 0 Å². The summed E-state index contributed by atoms with van der Waals surface area (Å²) in [6.07, 6.45) is 1.13. The Hall–Kier alpha value is -2.33. The van der Waals surface area contributed by atoms with Crippen LogP contribution in [0.4, 0.5) is 0 Å². The molecular weight excluding hydrogens is 314 g/mol. The molecule has 132 valence electrons. The molecule has 0 saturated carbocycles. The summed E-state index contributed by atoms with van der Waals surface area (Å²) in [4.78, 5) is 14.9. The third-order valence-corrected chi connectivity index (χ3v) is 4.70. The number of hydrogen-bond acceptors (Lipinski definition) is 3. The second-order valence-corrected chi connectivity index (χ2v) is 6.43. The summed E-state index contributed by atoms with van der Waals surface area (Å²) in [6, 6.07) is 17.5. The van der Waals surface area contributed by atoms with Crippen molar-refractivity contribution in [3.05, 3.63) is 65.7 Å². The van der Waals surface area contributed by atoms with E-state index in [2.05, 4.69) is 6.92 Å². The molecule has 25 heavy (non-hydrogen) atoms. The van der Waals surface area contributed by atoms with Gasteiger partial charge in [-0.3, -0.25) is 4.79 Å². The van der Waals surface area contributed by atoms with Crippen molar-refractivity contribution in [2.75, 3.05) is 13.1 Å². The minimum Gasteiger partial charge on any atom is -0.476 e. The Morgan fingerprint density at radius 1 is 1.12 bits per heavy atom. The minimum atomic E-state index is -0.663. The van der Waals surface area contributed by atoms with Gasteiger partial charge in [0.1, 0.15) is 5.75 Å². The van der Waals surface area contributed by atoms with E-state index in [0.29, 0.717) is 25.9 Å². The van der Waals surface area contributed by atoms with Gasteiger partial charge in [-0.1, -0.05) is 55.5 Å². The first-order valence-corrected chi connectivity index (χ1v) is 8.95. The summed E-state index contributed by atoms with van der Waals surface area (Å²) < 4.78 is 6.21. The molecule has 1 unspecified atom stereocenters. The number of aryl methyl sites for hydroxylation is 1. The molecule has 3 rings (SSSR count). The molecule has 1 fully saturated rings. The Bertz CT molecular complexity index is 693. The number of nitrogens with zero attached hydrogens (tertiary/aromatic N) is 1. The fraction of sp³-hybridized carbons (Fsp3) is 0.381. The zero-order chi connectivity index (χ0) is 17.6. The van der Waals surface area contributed by atoms with Crippen LogP contribution in [0, 0.1) is 0 Å². The molecule has 4 nitrogen and oxygen atoms in total. The van der Waals surface area contributed by atoms with Crippen molar-refractivity contribution in [2.45, 2.75) is 38.4 Å². The maximum Gasteiger partial charge on any atom is 0.268 e. The molecule has 0 bridgehead atoms. The fourth-order valence-corrected chi connectivity index (χ4v) is 3.18. The van der Waals surface area contributed by atoms with Gasteiger partial charge in [0.15, 0.2) is 0 Å². The summed E-state index contributed by atoms with van der Waals surface area (Å²) in [5.74, 6) is 0.716. The Morgan fingerprint density at radius 3 is 2.44 bits per heavy atom. The van der Waals surface area contributed by atoms with E-state index in [-0.39, 0.29) is 12.0 Å². The average Bonchev–Trinajstić information content (AvgIpc) is 2.67. The first kappa shape index (κ1) is 17.5. The Morgan fingerprint density at radius 2 is 1.76 bits per heavy atom. The van der Waals surface area contributed by atoms with Gasteiger partial charge in [-0.15, -0.1) is 0 Å². The quantitative estimate of drug-likeness (QED) is 0.909. The zero-order valence-corrected chi connectivity index (χ0v) is 14.6. The first-order chi connectivity index (χ1) is 12.2. The van der Waals surface area contributed by atoms with Crippen LogP contribution in [0.15, 0.2) is 54.6 Å². The highest BCUT2D eigenvalue weighted by Crippen LogP contribution is 2.28.